The normalized spacial score (nSPS) is 7.84. The van der Waals surface area contributed by atoms with E-state index in [1.54, 1.807) is 0 Å². The molecule has 0 saturated heterocycles. The van der Waals surface area contributed by atoms with E-state index in [1.165, 1.54) is 22.3 Å². The largest absolute Gasteiger partial charge is 2.00 e. The van der Waals surface area contributed by atoms with Gasteiger partial charge < -0.3 is 13.8 Å². The molecule has 0 fully saturated rings. The van der Waals surface area contributed by atoms with Crippen molar-refractivity contribution >= 4 is 0 Å². The van der Waals surface area contributed by atoms with Gasteiger partial charge in [0.25, 0.3) is 0 Å². The zero-order valence-electron chi connectivity index (χ0n) is 16.9. The van der Waals surface area contributed by atoms with E-state index in [4.69, 9.17) is 0 Å². The Bertz CT molecular complexity index is 493. The summed E-state index contributed by atoms with van der Waals surface area (Å²) in [5.74, 6) is 0. The summed E-state index contributed by atoms with van der Waals surface area (Å²) >= 11 is 0. The summed E-state index contributed by atoms with van der Waals surface area (Å²) in [5, 5.41) is 0. The monoisotopic (exact) mass is 412 g/mol. The number of benzene rings is 2. The van der Waals surface area contributed by atoms with Gasteiger partial charge in [0.2, 0.25) is 0 Å². The summed E-state index contributed by atoms with van der Waals surface area (Å²) in [7, 11) is 0. The van der Waals surface area contributed by atoms with E-state index in [0.717, 1.165) is 19.3 Å². The van der Waals surface area contributed by atoms with Crippen LogP contribution >= 0.6 is 0 Å². The van der Waals surface area contributed by atoms with Gasteiger partial charge in [0.05, 0.1) is 0 Å². The van der Waals surface area contributed by atoms with E-state index in [2.05, 4.69) is 58.0 Å². The Kier molecular flexibility index (Phi) is 30.5. The van der Waals surface area contributed by atoms with Crippen LogP contribution in [0.3, 0.4) is 0 Å². The van der Waals surface area contributed by atoms with Gasteiger partial charge in [-0.05, 0) is 0 Å². The van der Waals surface area contributed by atoms with Crippen molar-refractivity contribution in [2.45, 2.75) is 60.8 Å². The summed E-state index contributed by atoms with van der Waals surface area (Å²) in [6, 6.07) is 18.5. The zero-order valence-corrected chi connectivity index (χ0v) is 19.7. The third-order valence-electron chi connectivity index (χ3n) is 2.75. The first-order valence-corrected chi connectivity index (χ1v) is 8.68. The van der Waals surface area contributed by atoms with Crippen LogP contribution in [0.5, 0.6) is 0 Å². The van der Waals surface area contributed by atoms with E-state index in [1.807, 2.05) is 45.9 Å². The summed E-state index contributed by atoms with van der Waals surface area (Å²) in [6.07, 6.45) is 2.84. The molecule has 0 N–H and O–H groups in total. The third-order valence-corrected chi connectivity index (χ3v) is 2.75. The minimum atomic E-state index is 0. The van der Waals surface area contributed by atoms with Gasteiger partial charge in [0.15, 0.2) is 0 Å². The van der Waals surface area contributed by atoms with Gasteiger partial charge in [-0.15, -0.1) is 0 Å². The molecule has 2 rings (SSSR count). The third kappa shape index (κ3) is 18.2. The molecule has 0 aliphatic rings. The fourth-order valence-electron chi connectivity index (χ4n) is 1.77. The van der Waals surface area contributed by atoms with Crippen LogP contribution in [0.25, 0.3) is 0 Å². The molecule has 0 heterocycles. The molecule has 25 heavy (non-hydrogen) atoms. The number of hydrogen-bond acceptors (Lipinski definition) is 0. The quantitative estimate of drug-likeness (QED) is 0.488. The summed E-state index contributed by atoms with van der Waals surface area (Å²) in [4.78, 5) is 0. The molecule has 0 aromatic heterocycles. The first-order chi connectivity index (χ1) is 11.2. The van der Waals surface area contributed by atoms with Gasteiger partial charge in [-0.25, -0.2) is 0 Å². The maximum atomic E-state index is 3.79. The first kappa shape index (κ1) is 32.3. The van der Waals surface area contributed by atoms with Gasteiger partial charge in [-0.3, -0.25) is 0 Å². The fourth-order valence-corrected chi connectivity index (χ4v) is 1.77. The van der Waals surface area contributed by atoms with Crippen LogP contribution in [0.2, 0.25) is 0 Å². The molecule has 0 saturated carbocycles. The van der Waals surface area contributed by atoms with Crippen molar-refractivity contribution in [1.82, 2.24) is 0 Å². The smallest absolute Gasteiger partial charge is 0.343 e. The second kappa shape index (κ2) is 23.6. The van der Waals surface area contributed by atoms with Crippen molar-refractivity contribution in [3.8, 4) is 0 Å². The maximum absolute atomic E-state index is 3.79. The molecular weight excluding hydrogens is 378 g/mol. The molecule has 0 amide bonds. The Morgan fingerprint density at radius 3 is 1.48 bits per heavy atom. The number of rotatable bonds is 3. The molecule has 2 aromatic carbocycles. The second-order valence-electron chi connectivity index (χ2n) is 4.64. The molecule has 2 heteroatoms. The molecule has 136 valence electrons. The van der Waals surface area contributed by atoms with Crippen LogP contribution in [0.4, 0.5) is 0 Å². The van der Waals surface area contributed by atoms with Gasteiger partial charge >= 0.3 is 37.1 Å². The molecular formula is C23H34V2. The van der Waals surface area contributed by atoms with Gasteiger partial charge in [-0.1, -0.05) is 48.0 Å². The van der Waals surface area contributed by atoms with Crippen molar-refractivity contribution in [2.24, 2.45) is 0 Å². The Morgan fingerprint density at radius 1 is 0.760 bits per heavy atom. The van der Waals surface area contributed by atoms with Crippen LogP contribution in [-0.4, -0.2) is 0 Å². The fraction of sp³-hybridized carbons (Fsp3) is 0.391. The molecule has 0 aliphatic carbocycles. The summed E-state index contributed by atoms with van der Waals surface area (Å²) in [6.45, 7) is 19.7. The van der Waals surface area contributed by atoms with Crippen molar-refractivity contribution in [3.05, 3.63) is 84.6 Å². The molecule has 0 unspecified atom stereocenters. The topological polar surface area (TPSA) is 0 Å². The Balaban J connectivity index is -0.000000138. The van der Waals surface area contributed by atoms with Crippen LogP contribution < -0.4 is 0 Å². The van der Waals surface area contributed by atoms with E-state index in [0.29, 0.717) is 0 Å². The van der Waals surface area contributed by atoms with E-state index < -0.39 is 0 Å². The average Bonchev–Trinajstić information content (AvgIpc) is 2.59. The zero-order chi connectivity index (χ0) is 18.1. The van der Waals surface area contributed by atoms with Crippen molar-refractivity contribution in [3.63, 3.8) is 0 Å². The molecule has 2 radical (unpaired) electrons. The Hall–Kier alpha value is -0.391. The maximum Gasteiger partial charge on any atom is 2.00 e. The van der Waals surface area contributed by atoms with Crippen LogP contribution in [0.1, 0.15) is 56.4 Å². The van der Waals surface area contributed by atoms with Gasteiger partial charge in [0, 0.05) is 0 Å². The molecule has 0 aliphatic heterocycles. The Morgan fingerprint density at radius 2 is 1.16 bits per heavy atom. The van der Waals surface area contributed by atoms with Crippen molar-refractivity contribution in [2.75, 3.05) is 0 Å². The minimum absolute atomic E-state index is 0. The Labute approximate surface area is 182 Å². The molecule has 0 spiro atoms. The van der Waals surface area contributed by atoms with Gasteiger partial charge in [-0.2, -0.15) is 83.6 Å². The minimum Gasteiger partial charge on any atom is -0.343 e. The number of hydrogen-bond donors (Lipinski definition) is 0. The molecule has 0 atom stereocenters. The average molecular weight is 412 g/mol. The number of aryl methyl sites for hydroxylation is 3. The SMILES string of the molecule is CC.CC.[CH2-]CCc1[c-]ccc(C)c1.[CH2-]Cc1[c-]ccc(C)c1.[V+2].[V+2]. The molecule has 0 bridgehead atoms. The first-order valence-electron chi connectivity index (χ1n) is 8.68. The van der Waals surface area contributed by atoms with Crippen LogP contribution in [0, 0.1) is 39.8 Å². The predicted molar refractivity (Wildman–Crippen MR) is 105 cm³/mol. The molecule has 0 nitrogen and oxygen atoms in total. The van der Waals surface area contributed by atoms with E-state index >= 15 is 0 Å². The predicted octanol–water partition coefficient (Wildman–Crippen LogP) is 6.78. The van der Waals surface area contributed by atoms with Crippen molar-refractivity contribution < 1.29 is 37.1 Å². The molecule has 2 aromatic rings. The van der Waals surface area contributed by atoms with E-state index in [9.17, 15) is 0 Å². The van der Waals surface area contributed by atoms with Crippen molar-refractivity contribution in [1.29, 1.82) is 0 Å². The second-order valence-corrected chi connectivity index (χ2v) is 4.64. The van der Waals surface area contributed by atoms with Gasteiger partial charge in [0.1, 0.15) is 0 Å². The summed E-state index contributed by atoms with van der Waals surface area (Å²) < 4.78 is 0. The van der Waals surface area contributed by atoms with Crippen LogP contribution in [-0.2, 0) is 50.0 Å². The van der Waals surface area contributed by atoms with Crippen LogP contribution in [0.15, 0.2) is 36.4 Å². The summed E-state index contributed by atoms with van der Waals surface area (Å²) in [5.41, 5.74) is 5.06. The standard InChI is InChI=1S/C10H12.C9H10.2C2H6.2V/c1-3-5-10-7-4-6-9(2)8-10;1-3-9-6-4-5-8(2)7-9;2*1-2;;/h4,6,8H,1,3,5H2,2H3;4-5,7H,1,3H2,2H3;2*1-2H3;;/q2*-2;;;2*+2. The van der Waals surface area contributed by atoms with E-state index in [-0.39, 0.29) is 37.1 Å².